The molecule has 6 rings (SSSR count). The lowest BCUT2D eigenvalue weighted by molar-refractivity contribution is -0.135. The number of nitrogens with zero attached hydrogens (tertiary/aromatic N) is 4. The molecule has 0 aliphatic carbocycles. The number of alkyl carbamates (subject to hydrolysis) is 2. The number of aromatic amines is 2. The van der Waals surface area contributed by atoms with Crippen molar-refractivity contribution in [2.24, 2.45) is 0 Å². The van der Waals surface area contributed by atoms with Gasteiger partial charge in [-0.1, -0.05) is 98.8 Å². The predicted octanol–water partition coefficient (Wildman–Crippen LogP) is 8.42. The van der Waals surface area contributed by atoms with Gasteiger partial charge in [-0.3, -0.25) is 9.59 Å². The number of benzene rings is 4. The first-order valence-electron chi connectivity index (χ1n) is 20.7. The van der Waals surface area contributed by atoms with E-state index in [2.05, 4.69) is 80.8 Å². The van der Waals surface area contributed by atoms with E-state index in [1.807, 2.05) is 50.2 Å². The SMILES string of the molecule is CCCN(Cc1ncc(-c2ccc(-c3ccc(-c4cnc(CN(CCC)C(=O)C(NC(=O)OC)c5ccccc5)[nH]4)cc3C)c(C)c2)[nH]1)C(=O)C(NC(=O)OC)c1ccccc1. The highest BCUT2D eigenvalue weighted by atomic mass is 16.5. The maximum absolute atomic E-state index is 13.9. The number of methoxy groups -OCH3 is 2. The van der Waals surface area contributed by atoms with Crippen LogP contribution in [0.2, 0.25) is 0 Å². The van der Waals surface area contributed by atoms with Crippen LogP contribution in [0.1, 0.15) is 72.7 Å². The quantitative estimate of drug-likeness (QED) is 0.0708. The van der Waals surface area contributed by atoms with Gasteiger partial charge < -0.3 is 39.9 Å². The molecule has 62 heavy (non-hydrogen) atoms. The summed E-state index contributed by atoms with van der Waals surface area (Å²) in [6, 6.07) is 29.0. The Morgan fingerprint density at radius 1 is 0.597 bits per heavy atom. The molecule has 4 amide bonds. The zero-order valence-electron chi connectivity index (χ0n) is 36.0. The van der Waals surface area contributed by atoms with Gasteiger partial charge >= 0.3 is 12.2 Å². The van der Waals surface area contributed by atoms with E-state index in [1.54, 1.807) is 46.5 Å². The van der Waals surface area contributed by atoms with Gasteiger partial charge in [-0.2, -0.15) is 0 Å². The minimum atomic E-state index is -0.911. The van der Waals surface area contributed by atoms with E-state index < -0.39 is 24.3 Å². The molecule has 2 heterocycles. The van der Waals surface area contributed by atoms with Crippen LogP contribution in [0.25, 0.3) is 33.6 Å². The van der Waals surface area contributed by atoms with Crippen molar-refractivity contribution in [1.29, 1.82) is 0 Å². The molecular weight excluding hydrogens is 785 g/mol. The van der Waals surface area contributed by atoms with Gasteiger partial charge in [-0.05, 0) is 83.3 Å². The van der Waals surface area contributed by atoms with E-state index in [0.29, 0.717) is 35.9 Å². The topological polar surface area (TPSA) is 175 Å². The number of H-pyrrole nitrogens is 2. The van der Waals surface area contributed by atoms with Crippen molar-refractivity contribution in [1.82, 2.24) is 40.4 Å². The van der Waals surface area contributed by atoms with Gasteiger partial charge in [0.1, 0.15) is 23.7 Å². The van der Waals surface area contributed by atoms with Crippen molar-refractivity contribution >= 4 is 24.0 Å². The Balaban J connectivity index is 1.15. The number of carbonyl (C=O) groups is 4. The second-order valence-electron chi connectivity index (χ2n) is 15.0. The Labute approximate surface area is 362 Å². The molecule has 2 unspecified atom stereocenters. The summed E-state index contributed by atoms with van der Waals surface area (Å²) < 4.78 is 9.65. The van der Waals surface area contributed by atoms with Gasteiger partial charge in [0.15, 0.2) is 0 Å². The summed E-state index contributed by atoms with van der Waals surface area (Å²) in [5.74, 6) is 0.729. The van der Waals surface area contributed by atoms with Gasteiger partial charge in [0.25, 0.3) is 0 Å². The van der Waals surface area contributed by atoms with Gasteiger partial charge in [-0.15, -0.1) is 0 Å². The number of amides is 4. The van der Waals surface area contributed by atoms with E-state index in [4.69, 9.17) is 9.47 Å². The summed E-state index contributed by atoms with van der Waals surface area (Å²) in [7, 11) is 2.54. The van der Waals surface area contributed by atoms with Gasteiger partial charge in [0.2, 0.25) is 11.8 Å². The van der Waals surface area contributed by atoms with Gasteiger partial charge in [-0.25, -0.2) is 19.6 Å². The van der Waals surface area contributed by atoms with Crippen LogP contribution in [0.4, 0.5) is 9.59 Å². The lowest BCUT2D eigenvalue weighted by Crippen LogP contribution is -2.43. The Morgan fingerprint density at radius 2 is 0.984 bits per heavy atom. The lowest BCUT2D eigenvalue weighted by Gasteiger charge is -2.27. The minimum absolute atomic E-state index is 0.234. The highest BCUT2D eigenvalue weighted by Crippen LogP contribution is 2.33. The standard InChI is InChI=1S/C48H54N8O6/c1-7-23-55(45(57)43(53-47(59)61-5)33-15-11-9-12-16-33)29-41-49-27-39(51-41)35-19-21-37(31(3)25-35)38-22-20-36(26-32(38)4)40-28-50-42(52-40)30-56(24-8-2)46(58)44(54-48(60)62-6)34-17-13-10-14-18-34/h9-22,25-28,43-44H,7-8,23-24,29-30H2,1-6H3,(H,49,51)(H,50,52)(H,53,59)(H,54,60). The number of hydrogen-bond acceptors (Lipinski definition) is 8. The van der Waals surface area contributed by atoms with Crippen molar-refractivity contribution in [3.63, 3.8) is 0 Å². The van der Waals surface area contributed by atoms with E-state index in [-0.39, 0.29) is 24.9 Å². The number of nitrogens with one attached hydrogen (secondary N) is 4. The molecule has 0 aliphatic rings. The number of rotatable bonds is 17. The maximum Gasteiger partial charge on any atom is 0.407 e. The van der Waals surface area contributed by atoms with Crippen LogP contribution in [0.3, 0.4) is 0 Å². The van der Waals surface area contributed by atoms with Crippen LogP contribution in [-0.2, 0) is 32.2 Å². The minimum Gasteiger partial charge on any atom is -0.453 e. The van der Waals surface area contributed by atoms with Crippen LogP contribution in [-0.4, -0.2) is 81.0 Å². The van der Waals surface area contributed by atoms with Crippen LogP contribution in [0.5, 0.6) is 0 Å². The van der Waals surface area contributed by atoms with Crippen molar-refractivity contribution < 1.29 is 28.7 Å². The molecule has 14 heteroatoms. The summed E-state index contributed by atoms with van der Waals surface area (Å²) in [5.41, 5.74) is 9.22. The van der Waals surface area contributed by atoms with Crippen LogP contribution >= 0.6 is 0 Å². The molecular formula is C48H54N8O6. The smallest absolute Gasteiger partial charge is 0.407 e. The van der Waals surface area contributed by atoms with E-state index in [9.17, 15) is 19.2 Å². The maximum atomic E-state index is 13.9. The molecule has 0 saturated carbocycles. The van der Waals surface area contributed by atoms with Crippen molar-refractivity contribution in [3.05, 3.63) is 143 Å². The molecule has 0 radical (unpaired) electrons. The summed E-state index contributed by atoms with van der Waals surface area (Å²) in [6.45, 7) is 9.57. The van der Waals surface area contributed by atoms with Gasteiger partial charge in [0.05, 0.1) is 51.1 Å². The molecule has 0 spiro atoms. The summed E-state index contributed by atoms with van der Waals surface area (Å²) in [5, 5.41) is 5.39. The number of imidazole rings is 2. The predicted molar refractivity (Wildman–Crippen MR) is 237 cm³/mol. The van der Waals surface area contributed by atoms with Crippen molar-refractivity contribution in [2.45, 2.75) is 65.7 Å². The summed E-state index contributed by atoms with van der Waals surface area (Å²) in [4.78, 5) is 71.7. The molecule has 0 aliphatic heterocycles. The molecule has 2 atom stereocenters. The monoisotopic (exact) mass is 838 g/mol. The molecule has 4 aromatic carbocycles. The Bertz CT molecular complexity index is 2290. The van der Waals surface area contributed by atoms with E-state index in [0.717, 1.165) is 57.6 Å². The largest absolute Gasteiger partial charge is 0.453 e. The molecule has 0 saturated heterocycles. The van der Waals surface area contributed by atoms with Crippen molar-refractivity contribution in [3.8, 4) is 33.6 Å². The molecule has 6 aromatic rings. The molecule has 322 valence electrons. The van der Waals surface area contributed by atoms with Crippen LogP contribution < -0.4 is 10.6 Å². The first-order chi connectivity index (χ1) is 30.0. The fourth-order valence-electron chi connectivity index (χ4n) is 7.47. The molecule has 2 aromatic heterocycles. The molecule has 0 fully saturated rings. The summed E-state index contributed by atoms with van der Waals surface area (Å²) >= 11 is 0. The average molecular weight is 839 g/mol. The van der Waals surface area contributed by atoms with Crippen LogP contribution in [0.15, 0.2) is 109 Å². The number of carbonyl (C=O) groups excluding carboxylic acids is 4. The number of hydrogen-bond donors (Lipinski definition) is 4. The molecule has 14 nitrogen and oxygen atoms in total. The highest BCUT2D eigenvalue weighted by molar-refractivity contribution is 5.88. The molecule has 0 bridgehead atoms. The zero-order chi connectivity index (χ0) is 44.2. The fourth-order valence-corrected chi connectivity index (χ4v) is 7.47. The highest BCUT2D eigenvalue weighted by Gasteiger charge is 2.30. The third-order valence-corrected chi connectivity index (χ3v) is 10.6. The average Bonchev–Trinajstić information content (AvgIpc) is 3.97. The fraction of sp³-hybridized carbons (Fsp3) is 0.292. The first kappa shape index (κ1) is 44.3. The number of ether oxygens (including phenoxy) is 2. The van der Waals surface area contributed by atoms with Crippen LogP contribution in [0, 0.1) is 13.8 Å². The summed E-state index contributed by atoms with van der Waals surface area (Å²) in [6.07, 6.45) is 3.62. The lowest BCUT2D eigenvalue weighted by atomic mass is 9.93. The van der Waals surface area contributed by atoms with Crippen molar-refractivity contribution in [2.75, 3.05) is 27.3 Å². The Kier molecular flexibility index (Phi) is 14.9. The molecule has 4 N–H and O–H groups in total. The van der Waals surface area contributed by atoms with E-state index in [1.165, 1.54) is 14.2 Å². The first-order valence-corrected chi connectivity index (χ1v) is 20.7. The number of aromatic nitrogens is 4. The Morgan fingerprint density at radius 3 is 1.32 bits per heavy atom. The second kappa shape index (κ2) is 20.8. The zero-order valence-corrected chi connectivity index (χ0v) is 36.0. The Hall–Kier alpha value is -7.22. The van der Waals surface area contributed by atoms with Gasteiger partial charge in [0, 0.05) is 13.1 Å². The van der Waals surface area contributed by atoms with E-state index >= 15 is 0 Å². The third kappa shape index (κ3) is 10.7. The number of aryl methyl sites for hydroxylation is 2. The third-order valence-electron chi connectivity index (χ3n) is 10.6. The normalized spacial score (nSPS) is 11.9. The second-order valence-corrected chi connectivity index (χ2v) is 15.0.